The molecule has 1 aliphatic heterocycles. The van der Waals surface area contributed by atoms with Crippen LogP contribution in [0.3, 0.4) is 0 Å². The van der Waals surface area contributed by atoms with E-state index >= 15 is 4.39 Å². The van der Waals surface area contributed by atoms with Crippen LogP contribution in [0.1, 0.15) is 34.6 Å². The van der Waals surface area contributed by atoms with Crippen LogP contribution in [0.4, 0.5) is 4.39 Å². The maximum atomic E-state index is 16.1. The smallest absolute Gasteiger partial charge is 0.371 e. The minimum absolute atomic E-state index is 0.440. The highest BCUT2D eigenvalue weighted by Gasteiger charge is 2.67. The van der Waals surface area contributed by atoms with Gasteiger partial charge in [-0.2, -0.15) is 8.42 Å². The zero-order valence-corrected chi connectivity index (χ0v) is 22.9. The van der Waals surface area contributed by atoms with Gasteiger partial charge in [-0.3, -0.25) is 24.0 Å². The van der Waals surface area contributed by atoms with Gasteiger partial charge in [-0.05, 0) is 0 Å². The third-order valence-corrected chi connectivity index (χ3v) is 5.40. The molecule has 222 valence electrons. The van der Waals surface area contributed by atoms with Gasteiger partial charge in [0.25, 0.3) is 10.1 Å². The maximum absolute atomic E-state index is 16.1. The lowest BCUT2D eigenvalue weighted by Gasteiger charge is -2.49. The molecule has 1 fully saturated rings. The molecule has 1 N–H and O–H groups in total. The van der Waals surface area contributed by atoms with Crippen LogP contribution in [0.2, 0.25) is 0 Å². The van der Waals surface area contributed by atoms with Crippen LogP contribution >= 0.6 is 0 Å². The second kappa shape index (κ2) is 13.6. The van der Waals surface area contributed by atoms with Crippen molar-refractivity contribution in [2.75, 3.05) is 20.0 Å². The van der Waals surface area contributed by atoms with Crippen molar-refractivity contribution in [3.63, 3.8) is 0 Å². The van der Waals surface area contributed by atoms with E-state index < -0.39 is 94.9 Å². The van der Waals surface area contributed by atoms with Crippen molar-refractivity contribution in [3.8, 4) is 0 Å². The van der Waals surface area contributed by atoms with Crippen LogP contribution in [-0.4, -0.2) is 107 Å². The fraction of sp³-hybridized carbons (Fsp3) is 0.714. The predicted octanol–water partition coefficient (Wildman–Crippen LogP) is -1.57. The van der Waals surface area contributed by atoms with Crippen LogP contribution in [0, 0.1) is 0 Å². The summed E-state index contributed by atoms with van der Waals surface area (Å²) >= 11 is 0. The fourth-order valence-corrected chi connectivity index (χ4v) is 4.35. The van der Waals surface area contributed by atoms with Crippen molar-refractivity contribution >= 4 is 45.9 Å². The molecule has 1 amide bonds. The summed E-state index contributed by atoms with van der Waals surface area (Å²) in [7, 11) is -4.02. The largest absolute Gasteiger partial charge is 0.465 e. The molecule has 39 heavy (non-hydrogen) atoms. The summed E-state index contributed by atoms with van der Waals surface area (Å²) in [5, 5.41) is 2.22. The van der Waals surface area contributed by atoms with Gasteiger partial charge < -0.3 is 33.7 Å². The number of ether oxygens (including phenoxy) is 6. The third-order valence-electron chi connectivity index (χ3n) is 4.85. The van der Waals surface area contributed by atoms with Crippen LogP contribution in [-0.2, 0) is 71.5 Å². The molecule has 1 rings (SSSR count). The van der Waals surface area contributed by atoms with Gasteiger partial charge in [-0.1, -0.05) is 0 Å². The van der Waals surface area contributed by atoms with E-state index in [0.29, 0.717) is 6.26 Å². The molecule has 16 nitrogen and oxygen atoms in total. The summed E-state index contributed by atoms with van der Waals surface area (Å²) < 4.78 is 75.2. The predicted molar refractivity (Wildman–Crippen MR) is 121 cm³/mol. The Morgan fingerprint density at radius 2 is 1.51 bits per heavy atom. The summed E-state index contributed by atoms with van der Waals surface area (Å²) in [5.41, 5.74) is 0. The summed E-state index contributed by atoms with van der Waals surface area (Å²) in [5.74, 6) is -10.3. The highest BCUT2D eigenvalue weighted by molar-refractivity contribution is 7.86. The molecule has 0 saturated carbocycles. The quantitative estimate of drug-likeness (QED) is 0.164. The normalized spacial score (nSPS) is 26.3. The van der Waals surface area contributed by atoms with Crippen molar-refractivity contribution in [2.24, 2.45) is 0 Å². The number of hydrogen-bond acceptors (Lipinski definition) is 15. The van der Waals surface area contributed by atoms with Gasteiger partial charge in [0.2, 0.25) is 12.1 Å². The first-order valence-electron chi connectivity index (χ1n) is 11.1. The first-order valence-corrected chi connectivity index (χ1v) is 12.9. The van der Waals surface area contributed by atoms with E-state index in [2.05, 4.69) is 10.1 Å². The topological polar surface area (TPSA) is 213 Å². The minimum Gasteiger partial charge on any atom is -0.465 e. The monoisotopic (exact) mass is 587 g/mol. The van der Waals surface area contributed by atoms with Gasteiger partial charge >= 0.3 is 35.6 Å². The molecule has 0 aliphatic carbocycles. The maximum Gasteiger partial charge on any atom is 0.371 e. The first kappa shape index (κ1) is 33.6. The molecule has 0 aromatic carbocycles. The van der Waals surface area contributed by atoms with Gasteiger partial charge in [-0.15, -0.1) is 0 Å². The van der Waals surface area contributed by atoms with Gasteiger partial charge in [0.15, 0.2) is 18.3 Å². The van der Waals surface area contributed by atoms with Gasteiger partial charge in [0, 0.05) is 34.6 Å². The Kier molecular flexibility index (Phi) is 11.7. The Hall–Kier alpha value is -3.38. The number of nitrogens with one attached hydrogen (secondary N) is 1. The lowest BCUT2D eigenvalue weighted by Crippen LogP contribution is -2.74. The number of carbonyl (C=O) groups is 6. The summed E-state index contributed by atoms with van der Waals surface area (Å²) in [6, 6.07) is -1.85. The highest BCUT2D eigenvalue weighted by Crippen LogP contribution is 2.39. The second-order valence-electron chi connectivity index (χ2n) is 8.26. The lowest BCUT2D eigenvalue weighted by atomic mass is 9.86. The number of rotatable bonds is 11. The molecule has 0 bridgehead atoms. The Labute approximate surface area is 222 Å². The Morgan fingerprint density at radius 1 is 0.949 bits per heavy atom. The van der Waals surface area contributed by atoms with Crippen LogP contribution in [0.15, 0.2) is 0 Å². The standard InChI is InChI=1S/C21H30FNO15S/c1-9(24)23-15-17(16(35-12(4)27)14(34-11(3)26)8-33-10(2)25)37-21(20(29)32-6,38-39(7,30)31)19(22)18(15)36-13(5)28/h14-19H,8H2,1-7H3,(H,23,24)/t14-,15+,16-,17?,18?,19+,21-/m1/s1. The first-order chi connectivity index (χ1) is 17.8. The second-order valence-corrected chi connectivity index (χ2v) is 9.83. The molecule has 1 heterocycles. The molecule has 1 saturated heterocycles. The van der Waals surface area contributed by atoms with Gasteiger partial charge in [-0.25, -0.2) is 13.4 Å². The SMILES string of the molecule is COC(=O)[C@@]1(OS(C)(=O)=O)OC([C@H](OC(C)=O)[C@@H](COC(C)=O)OC(C)=O)[C@H](NC(C)=O)C(OC(C)=O)[C@@H]1F. The molecule has 2 unspecified atom stereocenters. The Balaban J connectivity index is 4.01. The average molecular weight is 588 g/mol. The number of methoxy groups -OCH3 is 1. The van der Waals surface area contributed by atoms with Crippen molar-refractivity contribution < 1.29 is 74.2 Å². The van der Waals surface area contributed by atoms with E-state index in [1.807, 2.05) is 0 Å². The highest BCUT2D eigenvalue weighted by atomic mass is 32.2. The summed E-state index contributed by atoms with van der Waals surface area (Å²) in [6.07, 6.45) is -10.6. The molecule has 0 aromatic heterocycles. The van der Waals surface area contributed by atoms with Crippen molar-refractivity contribution in [2.45, 2.75) is 77.0 Å². The van der Waals surface area contributed by atoms with E-state index in [1.165, 1.54) is 0 Å². The molecule has 0 spiro atoms. The summed E-state index contributed by atoms with van der Waals surface area (Å²) in [6.45, 7) is 3.83. The van der Waals surface area contributed by atoms with Crippen molar-refractivity contribution in [3.05, 3.63) is 0 Å². The average Bonchev–Trinajstić information content (AvgIpc) is 2.77. The van der Waals surface area contributed by atoms with Crippen molar-refractivity contribution in [1.29, 1.82) is 0 Å². The number of halogens is 1. The van der Waals surface area contributed by atoms with E-state index in [1.54, 1.807) is 0 Å². The molecule has 1 aliphatic rings. The zero-order chi connectivity index (χ0) is 30.3. The van der Waals surface area contributed by atoms with E-state index in [-0.39, 0.29) is 0 Å². The Morgan fingerprint density at radius 3 is 1.92 bits per heavy atom. The van der Waals surface area contributed by atoms with E-state index in [9.17, 15) is 37.2 Å². The molecule has 0 radical (unpaired) electrons. The van der Waals surface area contributed by atoms with Gasteiger partial charge in [0.1, 0.15) is 12.7 Å². The number of hydrogen-bond donors (Lipinski definition) is 1. The molecular formula is C21H30FNO15S. The molecule has 0 aromatic rings. The number of carbonyl (C=O) groups excluding carboxylic acids is 6. The third kappa shape index (κ3) is 9.39. The Bertz CT molecular complexity index is 1080. The van der Waals surface area contributed by atoms with Crippen LogP contribution in [0.25, 0.3) is 0 Å². The van der Waals surface area contributed by atoms with Gasteiger partial charge in [0.05, 0.1) is 19.4 Å². The van der Waals surface area contributed by atoms with E-state index in [4.69, 9.17) is 27.9 Å². The molecule has 7 atom stereocenters. The molecular weight excluding hydrogens is 557 g/mol. The minimum atomic E-state index is -4.75. The lowest BCUT2D eigenvalue weighted by molar-refractivity contribution is -0.312. The van der Waals surface area contributed by atoms with E-state index in [0.717, 1.165) is 41.7 Å². The fourth-order valence-electron chi connectivity index (χ4n) is 3.70. The number of amides is 1. The van der Waals surface area contributed by atoms with Crippen LogP contribution in [0.5, 0.6) is 0 Å². The number of esters is 5. The van der Waals surface area contributed by atoms with Crippen LogP contribution < -0.4 is 5.32 Å². The molecule has 18 heteroatoms. The zero-order valence-electron chi connectivity index (χ0n) is 22.1. The summed E-state index contributed by atoms with van der Waals surface area (Å²) in [4.78, 5) is 72.2. The number of alkyl halides is 1. The van der Waals surface area contributed by atoms with Crippen molar-refractivity contribution in [1.82, 2.24) is 5.32 Å².